The molecule has 5 nitrogen and oxygen atoms in total. The molecule has 2 aromatic carbocycles. The van der Waals surface area contributed by atoms with E-state index < -0.39 is 6.04 Å². The second kappa shape index (κ2) is 11.1. The zero-order chi connectivity index (χ0) is 23.4. The van der Waals surface area contributed by atoms with Crippen LogP contribution in [0.4, 0.5) is 0 Å². The number of nitrogens with one attached hydrogen (secondary N) is 1. The van der Waals surface area contributed by atoms with E-state index in [0.717, 1.165) is 38.9 Å². The third-order valence-electron chi connectivity index (χ3n) is 6.32. The SMILES string of the molecule is CCC1SCC(C(=O)NC2CCN(Cc3ccccc3)CC2)N1C(=O)c1ccc(Cl)cc1Cl. The lowest BCUT2D eigenvalue weighted by Gasteiger charge is -2.34. The minimum absolute atomic E-state index is 0.0484. The molecule has 0 radical (unpaired) electrons. The number of piperidine rings is 1. The van der Waals surface area contributed by atoms with E-state index in [1.807, 2.05) is 13.0 Å². The van der Waals surface area contributed by atoms with Crippen molar-refractivity contribution in [2.24, 2.45) is 0 Å². The maximum atomic E-state index is 13.4. The summed E-state index contributed by atoms with van der Waals surface area (Å²) in [5, 5.41) is 3.96. The first-order valence-electron chi connectivity index (χ1n) is 11.4. The first kappa shape index (κ1) is 24.4. The molecule has 2 aliphatic rings. The quantitative estimate of drug-likeness (QED) is 0.595. The van der Waals surface area contributed by atoms with Crippen LogP contribution in [0.1, 0.15) is 42.1 Å². The Balaban J connectivity index is 1.37. The van der Waals surface area contributed by atoms with E-state index in [0.29, 0.717) is 21.4 Å². The van der Waals surface area contributed by atoms with E-state index in [-0.39, 0.29) is 23.2 Å². The number of hydrogen-bond donors (Lipinski definition) is 1. The van der Waals surface area contributed by atoms with E-state index in [1.54, 1.807) is 34.9 Å². The number of rotatable bonds is 6. The highest BCUT2D eigenvalue weighted by atomic mass is 35.5. The van der Waals surface area contributed by atoms with E-state index in [4.69, 9.17) is 23.2 Å². The minimum Gasteiger partial charge on any atom is -0.351 e. The molecule has 2 atom stereocenters. The molecule has 176 valence electrons. The van der Waals surface area contributed by atoms with Crippen LogP contribution in [0.25, 0.3) is 0 Å². The van der Waals surface area contributed by atoms with Gasteiger partial charge in [0.2, 0.25) is 5.91 Å². The van der Waals surface area contributed by atoms with Crippen LogP contribution >= 0.6 is 35.0 Å². The third kappa shape index (κ3) is 5.86. The lowest BCUT2D eigenvalue weighted by Crippen LogP contribution is -2.53. The highest BCUT2D eigenvalue weighted by Crippen LogP contribution is 2.34. The Kier molecular flexibility index (Phi) is 8.23. The summed E-state index contributed by atoms with van der Waals surface area (Å²) in [7, 11) is 0. The smallest absolute Gasteiger partial charge is 0.256 e. The molecule has 2 aromatic rings. The number of carbonyl (C=O) groups is 2. The maximum absolute atomic E-state index is 13.4. The van der Waals surface area contributed by atoms with Crippen molar-refractivity contribution in [2.45, 2.75) is 50.2 Å². The lowest BCUT2D eigenvalue weighted by molar-refractivity contribution is -0.125. The predicted molar refractivity (Wildman–Crippen MR) is 136 cm³/mol. The number of nitrogens with zero attached hydrogens (tertiary/aromatic N) is 2. The molecule has 2 saturated heterocycles. The largest absolute Gasteiger partial charge is 0.351 e. The Morgan fingerprint density at radius 1 is 1.09 bits per heavy atom. The Morgan fingerprint density at radius 3 is 2.48 bits per heavy atom. The highest BCUT2D eigenvalue weighted by molar-refractivity contribution is 8.00. The summed E-state index contributed by atoms with van der Waals surface area (Å²) in [5.74, 6) is 0.304. The third-order valence-corrected chi connectivity index (χ3v) is 8.32. The molecule has 2 unspecified atom stereocenters. The number of thioether (sulfide) groups is 1. The average Bonchev–Trinajstić information content (AvgIpc) is 3.25. The standard InChI is InChI=1S/C25H29Cl2N3O2S/c1-2-23-30(25(32)20-9-8-18(26)14-21(20)27)22(16-33-23)24(31)28-19-10-12-29(13-11-19)15-17-6-4-3-5-7-17/h3-9,14,19,22-23H,2,10-13,15-16H2,1H3,(H,28,31). The van der Waals surface area contributed by atoms with E-state index in [2.05, 4.69) is 34.5 Å². The van der Waals surface area contributed by atoms with Crippen LogP contribution in [-0.2, 0) is 11.3 Å². The maximum Gasteiger partial charge on any atom is 0.256 e. The summed E-state index contributed by atoms with van der Waals surface area (Å²) in [6, 6.07) is 15.0. The fraction of sp³-hybridized carbons (Fsp3) is 0.440. The molecular weight excluding hydrogens is 477 g/mol. The number of hydrogen-bond acceptors (Lipinski definition) is 4. The molecule has 1 N–H and O–H groups in total. The molecule has 0 saturated carbocycles. The summed E-state index contributed by atoms with van der Waals surface area (Å²) in [5.41, 5.74) is 1.69. The second-order valence-electron chi connectivity index (χ2n) is 8.59. The van der Waals surface area contributed by atoms with Gasteiger partial charge in [-0.25, -0.2) is 0 Å². The van der Waals surface area contributed by atoms with Crippen LogP contribution in [0.15, 0.2) is 48.5 Å². The van der Waals surface area contributed by atoms with E-state index in [9.17, 15) is 9.59 Å². The monoisotopic (exact) mass is 505 g/mol. The van der Waals surface area contributed by atoms with Crippen molar-refractivity contribution >= 4 is 46.8 Å². The van der Waals surface area contributed by atoms with Gasteiger partial charge in [-0.05, 0) is 43.0 Å². The zero-order valence-corrected chi connectivity index (χ0v) is 21.0. The van der Waals surface area contributed by atoms with Crippen molar-refractivity contribution in [1.82, 2.24) is 15.1 Å². The summed E-state index contributed by atoms with van der Waals surface area (Å²) in [4.78, 5) is 30.8. The summed E-state index contributed by atoms with van der Waals surface area (Å²) in [6.07, 6.45) is 2.59. The molecular formula is C25H29Cl2N3O2S. The van der Waals surface area contributed by atoms with Gasteiger partial charge in [-0.15, -0.1) is 11.8 Å². The van der Waals surface area contributed by atoms with Crippen LogP contribution in [0.5, 0.6) is 0 Å². The van der Waals surface area contributed by atoms with Gasteiger partial charge in [0.05, 0.1) is 16.0 Å². The number of amides is 2. The lowest BCUT2D eigenvalue weighted by atomic mass is 10.0. The van der Waals surface area contributed by atoms with E-state index >= 15 is 0 Å². The van der Waals surface area contributed by atoms with Crippen LogP contribution in [0, 0.1) is 0 Å². The molecule has 8 heteroatoms. The highest BCUT2D eigenvalue weighted by Gasteiger charge is 2.42. The molecule has 2 aliphatic heterocycles. The normalized spacial score (nSPS) is 21.8. The van der Waals surface area contributed by atoms with Gasteiger partial charge in [-0.2, -0.15) is 0 Å². The van der Waals surface area contributed by atoms with E-state index in [1.165, 1.54) is 5.56 Å². The van der Waals surface area contributed by atoms with Gasteiger partial charge in [0.25, 0.3) is 5.91 Å². The van der Waals surface area contributed by atoms with Gasteiger partial charge in [0.15, 0.2) is 0 Å². The summed E-state index contributed by atoms with van der Waals surface area (Å²) in [6.45, 7) is 4.85. The number of benzene rings is 2. The average molecular weight is 506 g/mol. The topological polar surface area (TPSA) is 52.7 Å². The summed E-state index contributed by atoms with van der Waals surface area (Å²) < 4.78 is 0. The number of halogens is 2. The molecule has 0 aliphatic carbocycles. The van der Waals surface area contributed by atoms with Crippen molar-refractivity contribution in [3.8, 4) is 0 Å². The summed E-state index contributed by atoms with van der Waals surface area (Å²) >= 11 is 14.0. The molecule has 33 heavy (non-hydrogen) atoms. The van der Waals surface area contributed by atoms with Gasteiger partial charge < -0.3 is 10.2 Å². The molecule has 0 spiro atoms. The van der Waals surface area contributed by atoms with Crippen molar-refractivity contribution < 1.29 is 9.59 Å². The van der Waals surface area contributed by atoms with Crippen molar-refractivity contribution in [1.29, 1.82) is 0 Å². The van der Waals surface area contributed by atoms with Gasteiger partial charge >= 0.3 is 0 Å². The fourth-order valence-electron chi connectivity index (χ4n) is 4.53. The van der Waals surface area contributed by atoms with Crippen LogP contribution < -0.4 is 5.32 Å². The Hall–Kier alpha value is -1.73. The molecule has 2 amide bonds. The van der Waals surface area contributed by atoms with Crippen LogP contribution in [0.3, 0.4) is 0 Å². The molecule has 0 aromatic heterocycles. The minimum atomic E-state index is -0.499. The van der Waals surface area contributed by atoms with Crippen LogP contribution in [0.2, 0.25) is 10.0 Å². The second-order valence-corrected chi connectivity index (χ2v) is 10.6. The number of carbonyl (C=O) groups excluding carboxylic acids is 2. The number of likely N-dealkylation sites (tertiary alicyclic amines) is 1. The Bertz CT molecular complexity index is 983. The van der Waals surface area contributed by atoms with Gasteiger partial charge in [0.1, 0.15) is 6.04 Å². The Morgan fingerprint density at radius 2 is 1.82 bits per heavy atom. The fourth-order valence-corrected chi connectivity index (χ4v) is 6.37. The zero-order valence-electron chi connectivity index (χ0n) is 18.7. The van der Waals surface area contributed by atoms with Gasteiger partial charge in [0, 0.05) is 36.5 Å². The molecule has 2 heterocycles. The van der Waals surface area contributed by atoms with Crippen molar-refractivity contribution in [3.05, 3.63) is 69.7 Å². The van der Waals surface area contributed by atoms with Gasteiger partial charge in [-0.1, -0.05) is 60.5 Å². The molecule has 4 rings (SSSR count). The molecule has 0 bridgehead atoms. The van der Waals surface area contributed by atoms with Gasteiger partial charge in [-0.3, -0.25) is 14.5 Å². The van der Waals surface area contributed by atoms with Crippen molar-refractivity contribution in [2.75, 3.05) is 18.8 Å². The first-order valence-corrected chi connectivity index (χ1v) is 13.2. The van der Waals surface area contributed by atoms with Crippen molar-refractivity contribution in [3.63, 3.8) is 0 Å². The Labute approximate surface area is 209 Å². The molecule has 2 fully saturated rings. The van der Waals surface area contributed by atoms with Crippen LogP contribution in [-0.4, -0.2) is 57.9 Å². The first-order chi connectivity index (χ1) is 16.0. The predicted octanol–water partition coefficient (Wildman–Crippen LogP) is 5.07.